The van der Waals surface area contributed by atoms with Crippen LogP contribution in [-0.2, 0) is 21.3 Å². The maximum Gasteiger partial charge on any atom is 0.264 e. The molecule has 1 aliphatic heterocycles. The molecule has 4 aromatic rings. The van der Waals surface area contributed by atoms with Crippen LogP contribution in [0.2, 0.25) is 0 Å². The van der Waals surface area contributed by atoms with Crippen LogP contribution >= 0.6 is 0 Å². The van der Waals surface area contributed by atoms with E-state index in [1.54, 1.807) is 103 Å². The van der Waals surface area contributed by atoms with E-state index in [0.29, 0.717) is 41.2 Å². The lowest BCUT2D eigenvalue weighted by atomic mass is 10.1. The molecule has 0 radical (unpaired) electrons. The highest BCUT2D eigenvalue weighted by atomic mass is 32.2. The van der Waals surface area contributed by atoms with Crippen LogP contribution in [0.25, 0.3) is 0 Å². The van der Waals surface area contributed by atoms with Gasteiger partial charge >= 0.3 is 0 Å². The Morgan fingerprint density at radius 3 is 2.15 bits per heavy atom. The SMILES string of the molecule is O=C(Nc1ccccc1C(=O)NC[C@H]1CCCO1)c1ccc(CN(c2ccccc2)S(=O)(=O)c2ccccc2)cc1. The Balaban J connectivity index is 1.30. The van der Waals surface area contributed by atoms with E-state index < -0.39 is 10.0 Å². The molecule has 5 rings (SSSR count). The number of carbonyl (C=O) groups is 2. The van der Waals surface area contributed by atoms with Crippen molar-refractivity contribution in [2.24, 2.45) is 0 Å². The summed E-state index contributed by atoms with van der Waals surface area (Å²) in [7, 11) is -3.83. The minimum Gasteiger partial charge on any atom is -0.376 e. The molecule has 0 bridgehead atoms. The topological polar surface area (TPSA) is 105 Å². The zero-order valence-corrected chi connectivity index (χ0v) is 23.2. The molecule has 0 aromatic heterocycles. The molecule has 4 aromatic carbocycles. The second-order valence-corrected chi connectivity index (χ2v) is 11.6. The third-order valence-corrected chi connectivity index (χ3v) is 8.64. The Morgan fingerprint density at radius 2 is 1.46 bits per heavy atom. The number of ether oxygens (including phenoxy) is 1. The highest BCUT2D eigenvalue weighted by Gasteiger charge is 2.25. The number of para-hydroxylation sites is 2. The van der Waals surface area contributed by atoms with Gasteiger partial charge in [-0.25, -0.2) is 8.42 Å². The molecule has 9 heteroatoms. The first-order valence-electron chi connectivity index (χ1n) is 13.4. The van der Waals surface area contributed by atoms with Crippen molar-refractivity contribution in [3.8, 4) is 0 Å². The number of carbonyl (C=O) groups excluding carboxylic acids is 2. The van der Waals surface area contributed by atoms with E-state index in [0.717, 1.165) is 12.8 Å². The third kappa shape index (κ3) is 6.82. The molecule has 1 aliphatic rings. The maximum absolute atomic E-state index is 13.5. The zero-order valence-electron chi connectivity index (χ0n) is 22.4. The molecule has 0 aliphatic carbocycles. The predicted octanol–water partition coefficient (Wildman–Crippen LogP) is 5.24. The summed E-state index contributed by atoms with van der Waals surface area (Å²) in [5.74, 6) is -0.667. The average molecular weight is 570 g/mol. The van der Waals surface area contributed by atoms with Crippen LogP contribution in [0, 0.1) is 0 Å². The van der Waals surface area contributed by atoms with E-state index in [2.05, 4.69) is 10.6 Å². The van der Waals surface area contributed by atoms with Crippen LogP contribution in [0.5, 0.6) is 0 Å². The van der Waals surface area contributed by atoms with Crippen LogP contribution in [0.15, 0.2) is 114 Å². The molecule has 1 atom stereocenters. The molecule has 41 heavy (non-hydrogen) atoms. The van der Waals surface area contributed by atoms with Gasteiger partial charge in [-0.05, 0) is 66.9 Å². The fourth-order valence-electron chi connectivity index (χ4n) is 4.65. The van der Waals surface area contributed by atoms with Gasteiger partial charge in [-0.1, -0.05) is 60.7 Å². The first-order chi connectivity index (χ1) is 19.9. The van der Waals surface area contributed by atoms with Crippen molar-refractivity contribution < 1.29 is 22.7 Å². The number of nitrogens with one attached hydrogen (secondary N) is 2. The van der Waals surface area contributed by atoms with Crippen LogP contribution in [0.1, 0.15) is 39.1 Å². The lowest BCUT2D eigenvalue weighted by molar-refractivity contribution is 0.0858. The van der Waals surface area contributed by atoms with Gasteiger partial charge in [-0.3, -0.25) is 13.9 Å². The van der Waals surface area contributed by atoms with Crippen molar-refractivity contribution in [3.63, 3.8) is 0 Å². The normalized spacial score (nSPS) is 14.8. The molecular weight excluding hydrogens is 538 g/mol. The van der Waals surface area contributed by atoms with E-state index in [-0.39, 0.29) is 29.4 Å². The Bertz CT molecular complexity index is 1590. The number of hydrogen-bond donors (Lipinski definition) is 2. The summed E-state index contributed by atoms with van der Waals surface area (Å²) in [6.07, 6.45) is 1.91. The third-order valence-electron chi connectivity index (χ3n) is 6.85. The fourth-order valence-corrected chi connectivity index (χ4v) is 6.12. The minimum absolute atomic E-state index is 0.0136. The van der Waals surface area contributed by atoms with Crippen molar-refractivity contribution in [2.75, 3.05) is 22.8 Å². The van der Waals surface area contributed by atoms with Gasteiger partial charge in [0.2, 0.25) is 0 Å². The molecule has 0 saturated carbocycles. The van der Waals surface area contributed by atoms with Crippen molar-refractivity contribution in [1.29, 1.82) is 0 Å². The van der Waals surface area contributed by atoms with Gasteiger partial charge in [0, 0.05) is 18.7 Å². The molecule has 0 unspecified atom stereocenters. The minimum atomic E-state index is -3.83. The second kappa shape index (κ2) is 12.8. The summed E-state index contributed by atoms with van der Waals surface area (Å²) in [5.41, 5.74) is 2.38. The number of rotatable bonds is 10. The predicted molar refractivity (Wildman–Crippen MR) is 158 cm³/mol. The van der Waals surface area contributed by atoms with E-state index in [4.69, 9.17) is 4.74 Å². The Hall–Kier alpha value is -4.47. The molecule has 1 saturated heterocycles. The summed E-state index contributed by atoms with van der Waals surface area (Å²) in [4.78, 5) is 26.1. The number of anilines is 2. The number of hydrogen-bond acceptors (Lipinski definition) is 5. The van der Waals surface area contributed by atoms with Crippen molar-refractivity contribution in [1.82, 2.24) is 5.32 Å². The van der Waals surface area contributed by atoms with Crippen molar-refractivity contribution >= 4 is 33.2 Å². The Kier molecular flexibility index (Phi) is 8.76. The molecule has 2 N–H and O–H groups in total. The van der Waals surface area contributed by atoms with Crippen LogP contribution in [0.3, 0.4) is 0 Å². The van der Waals surface area contributed by atoms with E-state index in [9.17, 15) is 18.0 Å². The molecule has 210 valence electrons. The molecule has 2 amide bonds. The quantitative estimate of drug-likeness (QED) is 0.272. The number of nitrogens with zero attached hydrogens (tertiary/aromatic N) is 1. The molecule has 8 nitrogen and oxygen atoms in total. The summed E-state index contributed by atoms with van der Waals surface area (Å²) in [6.45, 7) is 1.21. The number of sulfonamides is 1. The maximum atomic E-state index is 13.5. The van der Waals surface area contributed by atoms with E-state index >= 15 is 0 Å². The zero-order chi connectivity index (χ0) is 28.7. The van der Waals surface area contributed by atoms with Crippen LogP contribution in [0.4, 0.5) is 11.4 Å². The van der Waals surface area contributed by atoms with Gasteiger partial charge in [-0.2, -0.15) is 0 Å². The number of amides is 2. The smallest absolute Gasteiger partial charge is 0.264 e. The van der Waals surface area contributed by atoms with Crippen LogP contribution in [-0.4, -0.2) is 39.5 Å². The average Bonchev–Trinajstić information content (AvgIpc) is 3.54. The first-order valence-corrected chi connectivity index (χ1v) is 14.9. The summed E-state index contributed by atoms with van der Waals surface area (Å²) in [5, 5.41) is 5.72. The van der Waals surface area contributed by atoms with Crippen LogP contribution < -0.4 is 14.9 Å². The largest absolute Gasteiger partial charge is 0.376 e. The van der Waals surface area contributed by atoms with E-state index in [1.807, 2.05) is 6.07 Å². The highest BCUT2D eigenvalue weighted by Crippen LogP contribution is 2.26. The Labute approximate surface area is 240 Å². The van der Waals surface area contributed by atoms with E-state index in [1.165, 1.54) is 4.31 Å². The molecule has 1 heterocycles. The van der Waals surface area contributed by atoms with Gasteiger partial charge in [-0.15, -0.1) is 0 Å². The van der Waals surface area contributed by atoms with Gasteiger partial charge < -0.3 is 15.4 Å². The molecule has 0 spiro atoms. The summed E-state index contributed by atoms with van der Waals surface area (Å²) < 4.78 is 34.0. The summed E-state index contributed by atoms with van der Waals surface area (Å²) >= 11 is 0. The standard InChI is InChI=1S/C32H31N3O5S/c36-31(34-30-16-8-7-15-29(30)32(37)33-22-27-12-9-21-40-27)25-19-17-24(18-20-25)23-35(26-10-3-1-4-11-26)41(38,39)28-13-5-2-6-14-28/h1-8,10-11,13-20,27H,9,12,21-23H2,(H,33,37)(H,34,36)/t27-/m1/s1. The lowest BCUT2D eigenvalue weighted by Gasteiger charge is -2.25. The van der Waals surface area contributed by atoms with Crippen molar-refractivity contribution in [3.05, 3.63) is 126 Å². The highest BCUT2D eigenvalue weighted by molar-refractivity contribution is 7.92. The van der Waals surface area contributed by atoms with Crippen molar-refractivity contribution in [2.45, 2.75) is 30.4 Å². The molecule has 1 fully saturated rings. The van der Waals surface area contributed by atoms with Gasteiger partial charge in [0.25, 0.3) is 21.8 Å². The number of benzene rings is 4. The lowest BCUT2D eigenvalue weighted by Crippen LogP contribution is -2.32. The van der Waals surface area contributed by atoms with Gasteiger partial charge in [0.05, 0.1) is 34.5 Å². The van der Waals surface area contributed by atoms with Gasteiger partial charge in [0.1, 0.15) is 0 Å². The van der Waals surface area contributed by atoms with Gasteiger partial charge in [0.15, 0.2) is 0 Å². The molecular formula is C32H31N3O5S. The second-order valence-electron chi connectivity index (χ2n) is 9.70. The fraction of sp³-hybridized carbons (Fsp3) is 0.188. The Morgan fingerprint density at radius 1 is 0.805 bits per heavy atom. The summed E-state index contributed by atoms with van der Waals surface area (Å²) in [6, 6.07) is 30.8. The monoisotopic (exact) mass is 569 g/mol. The first kappa shape index (κ1) is 28.1.